The Labute approximate surface area is 117 Å². The third-order valence-corrected chi connectivity index (χ3v) is 4.46. The van der Waals surface area contributed by atoms with Crippen LogP contribution in [0, 0.1) is 11.3 Å². The van der Waals surface area contributed by atoms with E-state index < -0.39 is 35.0 Å². The molecule has 2 amide bonds. The first-order valence-electron chi connectivity index (χ1n) is 6.47. The molecule has 2 saturated carbocycles. The normalized spacial score (nSPS) is 26.8. The monoisotopic (exact) mass is 293 g/mol. The van der Waals surface area contributed by atoms with Crippen molar-refractivity contribution in [2.75, 3.05) is 0 Å². The summed E-state index contributed by atoms with van der Waals surface area (Å²) in [5.74, 6) is -7.47. The summed E-state index contributed by atoms with van der Waals surface area (Å²) in [6.45, 7) is 0. The van der Waals surface area contributed by atoms with Crippen LogP contribution in [0.2, 0.25) is 0 Å². The number of amides is 2. The summed E-state index contributed by atoms with van der Waals surface area (Å²) in [4.78, 5) is 40.4. The average molecular weight is 293 g/mol. The molecule has 2 aliphatic carbocycles. The Hall–Kier alpha value is -2.31. The Morgan fingerprint density at radius 1 is 1.14 bits per heavy atom. The van der Waals surface area contributed by atoms with Crippen LogP contribution in [0.5, 0.6) is 0 Å². The van der Waals surface area contributed by atoms with Crippen molar-refractivity contribution in [2.24, 2.45) is 11.3 Å². The maximum absolute atomic E-state index is 13.5. The van der Waals surface area contributed by atoms with E-state index in [1.807, 2.05) is 0 Å². The number of hydrogen-bond donors (Lipinski definition) is 0. The molecule has 1 spiro atoms. The van der Waals surface area contributed by atoms with E-state index in [0.717, 1.165) is 0 Å². The molecule has 0 radical (unpaired) electrons. The lowest BCUT2D eigenvalue weighted by atomic mass is 10.1. The van der Waals surface area contributed by atoms with Crippen molar-refractivity contribution >= 4 is 17.8 Å². The van der Waals surface area contributed by atoms with Crippen molar-refractivity contribution in [3.05, 3.63) is 35.4 Å². The first-order chi connectivity index (χ1) is 9.90. The van der Waals surface area contributed by atoms with Gasteiger partial charge in [-0.2, -0.15) is 0 Å². The quantitative estimate of drug-likeness (QED) is 0.780. The number of carbonyl (C=O) groups is 3. The van der Waals surface area contributed by atoms with Crippen molar-refractivity contribution < 1.29 is 28.0 Å². The molecular weight excluding hydrogens is 284 g/mol. The van der Waals surface area contributed by atoms with Gasteiger partial charge in [-0.25, -0.2) is 13.6 Å². The highest BCUT2D eigenvalue weighted by Gasteiger charge is 2.89. The summed E-state index contributed by atoms with van der Waals surface area (Å²) in [5.41, 5.74) is -1.10. The molecule has 7 heteroatoms. The summed E-state index contributed by atoms with van der Waals surface area (Å²) in [6, 6.07) is 5.95. The fourth-order valence-corrected chi connectivity index (χ4v) is 3.03. The molecule has 1 aromatic carbocycles. The minimum atomic E-state index is -3.09. The molecule has 0 N–H and O–H groups in total. The molecule has 3 aliphatic rings. The van der Waals surface area contributed by atoms with E-state index >= 15 is 0 Å². The van der Waals surface area contributed by atoms with Gasteiger partial charge in [0.05, 0.1) is 16.5 Å². The molecule has 21 heavy (non-hydrogen) atoms. The molecule has 1 aromatic rings. The van der Waals surface area contributed by atoms with Gasteiger partial charge in [-0.1, -0.05) is 17.2 Å². The zero-order valence-electron chi connectivity index (χ0n) is 10.6. The largest absolute Gasteiger partial charge is 0.343 e. The van der Waals surface area contributed by atoms with Gasteiger partial charge in [-0.05, 0) is 25.0 Å². The second-order valence-electron chi connectivity index (χ2n) is 5.57. The van der Waals surface area contributed by atoms with Crippen molar-refractivity contribution in [3.63, 3.8) is 0 Å². The van der Waals surface area contributed by atoms with Crippen molar-refractivity contribution in [1.29, 1.82) is 0 Å². The Balaban J connectivity index is 1.56. The van der Waals surface area contributed by atoms with E-state index in [1.165, 1.54) is 12.1 Å². The maximum atomic E-state index is 13.5. The van der Waals surface area contributed by atoms with Crippen LogP contribution in [0.15, 0.2) is 24.3 Å². The lowest BCUT2D eigenvalue weighted by molar-refractivity contribution is -0.172. The predicted molar refractivity (Wildman–Crippen MR) is 63.1 cm³/mol. The van der Waals surface area contributed by atoms with Crippen LogP contribution < -0.4 is 0 Å². The van der Waals surface area contributed by atoms with E-state index in [4.69, 9.17) is 0 Å². The summed E-state index contributed by atoms with van der Waals surface area (Å²) < 4.78 is 27.1. The molecule has 1 heterocycles. The molecule has 1 atom stereocenters. The molecule has 108 valence electrons. The summed E-state index contributed by atoms with van der Waals surface area (Å²) >= 11 is 0. The molecule has 0 saturated heterocycles. The van der Waals surface area contributed by atoms with Crippen LogP contribution in [0.1, 0.15) is 33.6 Å². The van der Waals surface area contributed by atoms with Gasteiger partial charge in [0.15, 0.2) is 0 Å². The van der Waals surface area contributed by atoms with Gasteiger partial charge in [0.1, 0.15) is 5.92 Å². The van der Waals surface area contributed by atoms with Crippen LogP contribution in [-0.4, -0.2) is 28.8 Å². The van der Waals surface area contributed by atoms with E-state index in [1.54, 1.807) is 12.1 Å². The predicted octanol–water partition coefficient (Wildman–Crippen LogP) is 1.79. The fourth-order valence-electron chi connectivity index (χ4n) is 3.03. The van der Waals surface area contributed by atoms with Gasteiger partial charge in [-0.15, -0.1) is 0 Å². The minimum absolute atomic E-state index is 0.0963. The lowest BCUT2D eigenvalue weighted by Gasteiger charge is -2.12. The fraction of sp³-hybridized carbons (Fsp3) is 0.357. The number of benzene rings is 1. The molecule has 0 aromatic heterocycles. The molecular formula is C14H9F2NO4. The Kier molecular flexibility index (Phi) is 2.05. The van der Waals surface area contributed by atoms with E-state index in [2.05, 4.69) is 4.84 Å². The number of hydrogen-bond acceptors (Lipinski definition) is 4. The molecule has 1 aliphatic heterocycles. The molecule has 2 fully saturated rings. The van der Waals surface area contributed by atoms with Crippen LogP contribution in [-0.2, 0) is 9.63 Å². The summed E-state index contributed by atoms with van der Waals surface area (Å²) in [5, 5.41) is 0.275. The SMILES string of the molecule is O=C(ON1C(=O)c2ccccc2C1=O)C1C(F)(F)C12CC2. The minimum Gasteiger partial charge on any atom is -0.329 e. The number of halogens is 2. The van der Waals surface area contributed by atoms with Gasteiger partial charge in [0.25, 0.3) is 17.7 Å². The topological polar surface area (TPSA) is 63.7 Å². The first kappa shape index (κ1) is 12.4. The number of alkyl halides is 2. The first-order valence-corrected chi connectivity index (χ1v) is 6.47. The van der Waals surface area contributed by atoms with Gasteiger partial charge in [-0.3, -0.25) is 9.59 Å². The van der Waals surface area contributed by atoms with Crippen molar-refractivity contribution in [2.45, 2.75) is 18.8 Å². The Bertz CT molecular complexity index is 672. The van der Waals surface area contributed by atoms with Crippen LogP contribution >= 0.6 is 0 Å². The summed E-state index contributed by atoms with van der Waals surface area (Å²) in [6.07, 6.45) is 0.532. The Morgan fingerprint density at radius 2 is 1.67 bits per heavy atom. The summed E-state index contributed by atoms with van der Waals surface area (Å²) in [7, 11) is 0. The van der Waals surface area contributed by atoms with Crippen molar-refractivity contribution in [1.82, 2.24) is 5.06 Å². The van der Waals surface area contributed by atoms with Gasteiger partial charge in [0, 0.05) is 0 Å². The molecule has 4 rings (SSSR count). The Morgan fingerprint density at radius 3 is 2.10 bits per heavy atom. The standard InChI is InChI=1S/C14H9F2NO4/c15-14(16)9(13(14)5-6-13)12(20)21-17-10(18)7-3-1-2-4-8(7)11(17)19/h1-4,9H,5-6H2. The highest BCUT2D eigenvalue weighted by molar-refractivity contribution is 6.20. The van der Waals surface area contributed by atoms with Crippen LogP contribution in [0.4, 0.5) is 8.78 Å². The van der Waals surface area contributed by atoms with Gasteiger partial charge in [0.2, 0.25) is 0 Å². The third kappa shape index (κ3) is 1.36. The van der Waals surface area contributed by atoms with Gasteiger partial charge < -0.3 is 4.84 Å². The number of nitrogens with zero attached hydrogens (tertiary/aromatic N) is 1. The third-order valence-electron chi connectivity index (χ3n) is 4.46. The number of imide groups is 1. The number of hydroxylamine groups is 2. The zero-order valence-corrected chi connectivity index (χ0v) is 10.6. The van der Waals surface area contributed by atoms with Crippen LogP contribution in [0.3, 0.4) is 0 Å². The highest BCUT2D eigenvalue weighted by Crippen LogP contribution is 2.80. The molecule has 5 nitrogen and oxygen atoms in total. The second kappa shape index (κ2) is 3.47. The molecule has 1 unspecified atom stereocenters. The van der Waals surface area contributed by atoms with E-state index in [-0.39, 0.29) is 29.0 Å². The number of fused-ring (bicyclic) bond motifs is 1. The number of rotatable bonds is 2. The van der Waals surface area contributed by atoms with Crippen LogP contribution in [0.25, 0.3) is 0 Å². The smallest absolute Gasteiger partial charge is 0.329 e. The van der Waals surface area contributed by atoms with Gasteiger partial charge >= 0.3 is 5.97 Å². The van der Waals surface area contributed by atoms with Crippen molar-refractivity contribution in [3.8, 4) is 0 Å². The average Bonchev–Trinajstić information content (AvgIpc) is 3.30. The van der Waals surface area contributed by atoms with E-state index in [0.29, 0.717) is 0 Å². The lowest BCUT2D eigenvalue weighted by Crippen LogP contribution is -2.34. The van der Waals surface area contributed by atoms with E-state index in [9.17, 15) is 23.2 Å². The second-order valence-corrected chi connectivity index (χ2v) is 5.57. The highest BCUT2D eigenvalue weighted by atomic mass is 19.3. The number of carbonyl (C=O) groups excluding carboxylic acids is 3. The maximum Gasteiger partial charge on any atom is 0.343 e. The molecule has 0 bridgehead atoms. The zero-order chi connectivity index (χ0) is 15.0.